The summed E-state index contributed by atoms with van der Waals surface area (Å²) in [6.07, 6.45) is 0.607. The fourth-order valence-electron chi connectivity index (χ4n) is 3.18. The Balaban J connectivity index is 1.42. The van der Waals surface area contributed by atoms with Crippen molar-refractivity contribution in [3.63, 3.8) is 0 Å². The molecule has 3 aromatic rings. The molecule has 1 saturated heterocycles. The van der Waals surface area contributed by atoms with Gasteiger partial charge in [-0.25, -0.2) is 13.4 Å². The number of halogens is 2. The number of hydrogen-bond acceptors (Lipinski definition) is 7. The first-order chi connectivity index (χ1) is 14.3. The summed E-state index contributed by atoms with van der Waals surface area (Å²) in [4.78, 5) is 6.44. The van der Waals surface area contributed by atoms with Gasteiger partial charge in [0, 0.05) is 54.2 Å². The van der Waals surface area contributed by atoms with Gasteiger partial charge in [0.25, 0.3) is 0 Å². The Morgan fingerprint density at radius 1 is 1.00 bits per heavy atom. The van der Waals surface area contributed by atoms with Crippen molar-refractivity contribution in [3.05, 3.63) is 63.9 Å². The molecule has 0 unspecified atom stereocenters. The van der Waals surface area contributed by atoms with Crippen molar-refractivity contribution >= 4 is 49.9 Å². The van der Waals surface area contributed by atoms with E-state index in [1.807, 2.05) is 29.2 Å². The van der Waals surface area contributed by atoms with E-state index < -0.39 is 10.0 Å². The molecular formula is C19H18Cl2N4O3S2. The highest BCUT2D eigenvalue weighted by atomic mass is 35.5. The Morgan fingerprint density at radius 3 is 2.37 bits per heavy atom. The van der Waals surface area contributed by atoms with Gasteiger partial charge < -0.3 is 10.0 Å². The minimum atomic E-state index is -3.83. The predicted octanol–water partition coefficient (Wildman–Crippen LogP) is 3.65. The number of phenols is 1. The van der Waals surface area contributed by atoms with Gasteiger partial charge in [0.15, 0.2) is 0 Å². The highest BCUT2D eigenvalue weighted by Gasteiger charge is 2.31. The van der Waals surface area contributed by atoms with Crippen LogP contribution in [0.5, 0.6) is 5.75 Å². The average Bonchev–Trinajstić information content (AvgIpc) is 3.20. The van der Waals surface area contributed by atoms with Gasteiger partial charge in [-0.3, -0.25) is 0 Å². The normalized spacial score (nSPS) is 15.5. The summed E-state index contributed by atoms with van der Waals surface area (Å²) in [6, 6.07) is 11.6. The first-order valence-corrected chi connectivity index (χ1v) is 12.1. The molecule has 2 heterocycles. The van der Waals surface area contributed by atoms with Crippen LogP contribution < -0.4 is 4.90 Å². The highest BCUT2D eigenvalue weighted by Crippen LogP contribution is 2.30. The molecule has 7 nitrogen and oxygen atoms in total. The molecule has 1 aliphatic heterocycles. The van der Waals surface area contributed by atoms with Crippen LogP contribution in [-0.4, -0.2) is 53.4 Å². The lowest BCUT2D eigenvalue weighted by atomic mass is 10.1. The molecule has 11 heteroatoms. The van der Waals surface area contributed by atoms with Gasteiger partial charge in [0.1, 0.15) is 16.5 Å². The molecule has 0 amide bonds. The molecule has 1 N–H and O–H groups in total. The summed E-state index contributed by atoms with van der Waals surface area (Å²) >= 11 is 13.1. The molecule has 1 aliphatic rings. The van der Waals surface area contributed by atoms with E-state index in [9.17, 15) is 13.5 Å². The fraction of sp³-hybridized carbons (Fsp3) is 0.263. The second-order valence-electron chi connectivity index (χ2n) is 6.80. The van der Waals surface area contributed by atoms with E-state index in [1.165, 1.54) is 34.0 Å². The summed E-state index contributed by atoms with van der Waals surface area (Å²) in [6.45, 7) is 1.52. The lowest BCUT2D eigenvalue weighted by Crippen LogP contribution is -2.48. The van der Waals surface area contributed by atoms with Gasteiger partial charge in [0.2, 0.25) is 15.2 Å². The number of hydrogen-bond donors (Lipinski definition) is 1. The lowest BCUT2D eigenvalue weighted by Gasteiger charge is -2.33. The van der Waals surface area contributed by atoms with E-state index in [0.29, 0.717) is 24.5 Å². The van der Waals surface area contributed by atoms with Crippen molar-refractivity contribution in [1.82, 2.24) is 13.7 Å². The van der Waals surface area contributed by atoms with Crippen LogP contribution in [-0.2, 0) is 16.4 Å². The molecule has 0 saturated carbocycles. The molecule has 0 atom stereocenters. The first kappa shape index (κ1) is 21.3. The van der Waals surface area contributed by atoms with Crippen molar-refractivity contribution in [2.45, 2.75) is 11.3 Å². The largest absolute Gasteiger partial charge is 0.507 e. The van der Waals surface area contributed by atoms with Gasteiger partial charge in [-0.2, -0.15) is 8.68 Å². The smallest absolute Gasteiger partial charge is 0.246 e. The monoisotopic (exact) mass is 484 g/mol. The number of sulfonamides is 1. The zero-order valence-electron chi connectivity index (χ0n) is 15.7. The highest BCUT2D eigenvalue weighted by molar-refractivity contribution is 7.89. The first-order valence-electron chi connectivity index (χ1n) is 9.13. The molecule has 0 aliphatic carbocycles. The zero-order valence-corrected chi connectivity index (χ0v) is 18.8. The van der Waals surface area contributed by atoms with Gasteiger partial charge in [-0.15, -0.1) is 0 Å². The molecule has 2 aromatic carbocycles. The standard InChI is InChI=1S/C19H18Cl2N4O3S2/c20-14-3-1-13(2-4-14)11-18-22-19(29-23-18)24-7-9-25(10-8-24)30(27,28)17-12-15(21)5-6-16(17)26/h1-6,12,26H,7-11H2. The molecule has 30 heavy (non-hydrogen) atoms. The topological polar surface area (TPSA) is 86.6 Å². The van der Waals surface area contributed by atoms with Gasteiger partial charge in [-0.1, -0.05) is 35.3 Å². The van der Waals surface area contributed by atoms with Gasteiger partial charge >= 0.3 is 0 Å². The molecule has 0 bridgehead atoms. The molecule has 1 aromatic heterocycles. The van der Waals surface area contributed by atoms with Crippen molar-refractivity contribution in [2.75, 3.05) is 31.1 Å². The van der Waals surface area contributed by atoms with E-state index in [1.54, 1.807) is 0 Å². The third-order valence-corrected chi connectivity index (χ3v) is 8.01. The van der Waals surface area contributed by atoms with E-state index >= 15 is 0 Å². The minimum absolute atomic E-state index is 0.176. The van der Waals surface area contributed by atoms with Gasteiger partial charge in [-0.05, 0) is 35.9 Å². The summed E-state index contributed by atoms with van der Waals surface area (Å²) in [7, 11) is -3.83. The Labute approximate surface area is 188 Å². The third kappa shape index (κ3) is 4.55. The number of benzene rings is 2. The second kappa shape index (κ2) is 8.68. The summed E-state index contributed by atoms with van der Waals surface area (Å²) in [5, 5.41) is 11.7. The predicted molar refractivity (Wildman–Crippen MR) is 118 cm³/mol. The van der Waals surface area contributed by atoms with Crippen molar-refractivity contribution in [2.24, 2.45) is 0 Å². The van der Waals surface area contributed by atoms with E-state index in [4.69, 9.17) is 23.2 Å². The maximum Gasteiger partial charge on any atom is 0.246 e. The number of anilines is 1. The van der Waals surface area contributed by atoms with Crippen LogP contribution in [0.2, 0.25) is 10.0 Å². The lowest BCUT2D eigenvalue weighted by molar-refractivity contribution is 0.380. The average molecular weight is 485 g/mol. The molecule has 4 rings (SSSR count). The summed E-state index contributed by atoms with van der Waals surface area (Å²) < 4.78 is 31.6. The maximum atomic E-state index is 12.9. The molecule has 0 radical (unpaired) electrons. The van der Waals surface area contributed by atoms with Crippen LogP contribution in [0.25, 0.3) is 0 Å². The van der Waals surface area contributed by atoms with Crippen LogP contribution >= 0.6 is 34.7 Å². The maximum absolute atomic E-state index is 12.9. The van der Waals surface area contributed by atoms with Gasteiger partial charge in [0.05, 0.1) is 0 Å². The number of nitrogens with zero attached hydrogens (tertiary/aromatic N) is 4. The van der Waals surface area contributed by atoms with Crippen LogP contribution in [0, 0.1) is 0 Å². The van der Waals surface area contributed by atoms with Crippen molar-refractivity contribution in [1.29, 1.82) is 0 Å². The van der Waals surface area contributed by atoms with Crippen LogP contribution in [0.15, 0.2) is 47.4 Å². The molecular weight excluding hydrogens is 467 g/mol. The number of piperazine rings is 1. The molecule has 1 fully saturated rings. The summed E-state index contributed by atoms with van der Waals surface area (Å²) in [5.41, 5.74) is 1.07. The summed E-state index contributed by atoms with van der Waals surface area (Å²) in [5.74, 6) is 0.411. The zero-order chi connectivity index (χ0) is 21.3. The quantitative estimate of drug-likeness (QED) is 0.594. The number of rotatable bonds is 5. The Hall–Kier alpha value is -1.91. The van der Waals surface area contributed by atoms with Crippen LogP contribution in [0.1, 0.15) is 11.4 Å². The van der Waals surface area contributed by atoms with E-state index in [2.05, 4.69) is 9.36 Å². The second-order valence-corrected chi connectivity index (χ2v) is 10.3. The number of phenolic OH excluding ortho intramolecular Hbond substituents is 1. The Morgan fingerprint density at radius 2 is 1.67 bits per heavy atom. The Bertz CT molecular complexity index is 1140. The van der Waals surface area contributed by atoms with E-state index in [0.717, 1.165) is 16.5 Å². The molecule has 0 spiro atoms. The molecule has 158 valence electrons. The van der Waals surface area contributed by atoms with Crippen molar-refractivity contribution in [3.8, 4) is 5.75 Å². The van der Waals surface area contributed by atoms with Crippen molar-refractivity contribution < 1.29 is 13.5 Å². The third-order valence-electron chi connectivity index (χ3n) is 4.78. The fourth-order valence-corrected chi connectivity index (χ4v) is 5.81. The number of aromatic hydroxyl groups is 1. The van der Waals surface area contributed by atoms with Crippen LogP contribution in [0.4, 0.5) is 5.13 Å². The van der Waals surface area contributed by atoms with E-state index in [-0.39, 0.29) is 28.8 Å². The SMILES string of the molecule is O=S(=O)(c1cc(Cl)ccc1O)N1CCN(c2nc(Cc3ccc(Cl)cc3)ns2)CC1. The van der Waals surface area contributed by atoms with Crippen LogP contribution in [0.3, 0.4) is 0 Å². The minimum Gasteiger partial charge on any atom is -0.507 e. The number of aromatic nitrogens is 2. The Kier molecular flexibility index (Phi) is 6.17.